The second-order valence-electron chi connectivity index (χ2n) is 7.31. The van der Waals surface area contributed by atoms with Gasteiger partial charge in [-0.15, -0.1) is 0 Å². The van der Waals surface area contributed by atoms with Gasteiger partial charge in [-0.2, -0.15) is 0 Å². The molecular weight excluding hydrogens is 330 g/mol. The Morgan fingerprint density at radius 1 is 1.27 bits per heavy atom. The standard InChI is InChI=1S/C20H29N3O3/c1-4-5-6-11-25-16-9-7-15(8-10-16)22-20(24)18-17-19(26-23-18)13(2)12-14(3)21-17/h12,15-16H,4-11H2,1-3H3,(H,22,24). The van der Waals surface area contributed by atoms with Gasteiger partial charge in [0, 0.05) is 18.3 Å². The summed E-state index contributed by atoms with van der Waals surface area (Å²) in [5.41, 5.74) is 3.22. The molecule has 0 aliphatic heterocycles. The first-order valence-electron chi connectivity index (χ1n) is 9.74. The van der Waals surface area contributed by atoms with Crippen LogP contribution in [0.3, 0.4) is 0 Å². The predicted molar refractivity (Wildman–Crippen MR) is 100 cm³/mol. The van der Waals surface area contributed by atoms with Crippen LogP contribution in [0.5, 0.6) is 0 Å². The van der Waals surface area contributed by atoms with Gasteiger partial charge in [0.15, 0.2) is 11.3 Å². The van der Waals surface area contributed by atoms with Gasteiger partial charge in [-0.1, -0.05) is 24.9 Å². The molecule has 0 atom stereocenters. The molecule has 1 saturated carbocycles. The van der Waals surface area contributed by atoms with Gasteiger partial charge in [0.05, 0.1) is 6.10 Å². The Morgan fingerprint density at radius 2 is 2.04 bits per heavy atom. The van der Waals surface area contributed by atoms with Crippen LogP contribution in [0.25, 0.3) is 11.1 Å². The van der Waals surface area contributed by atoms with Crippen molar-refractivity contribution < 1.29 is 14.1 Å². The summed E-state index contributed by atoms with van der Waals surface area (Å²) >= 11 is 0. The zero-order valence-corrected chi connectivity index (χ0v) is 16.0. The highest BCUT2D eigenvalue weighted by atomic mass is 16.5. The highest BCUT2D eigenvalue weighted by Gasteiger charge is 2.26. The molecule has 0 radical (unpaired) electrons. The largest absolute Gasteiger partial charge is 0.378 e. The average Bonchev–Trinajstić information content (AvgIpc) is 3.04. The van der Waals surface area contributed by atoms with Gasteiger partial charge in [-0.25, -0.2) is 4.98 Å². The number of amides is 1. The normalized spacial score (nSPS) is 20.4. The fourth-order valence-electron chi connectivity index (χ4n) is 3.61. The van der Waals surface area contributed by atoms with E-state index in [-0.39, 0.29) is 17.6 Å². The lowest BCUT2D eigenvalue weighted by molar-refractivity contribution is 0.0204. The van der Waals surface area contributed by atoms with Crippen molar-refractivity contribution in [3.05, 3.63) is 23.0 Å². The minimum atomic E-state index is -0.200. The molecule has 1 aliphatic rings. The molecule has 2 aromatic rings. The van der Waals surface area contributed by atoms with Crippen molar-refractivity contribution in [3.63, 3.8) is 0 Å². The van der Waals surface area contributed by atoms with Gasteiger partial charge in [0.1, 0.15) is 5.52 Å². The van der Waals surface area contributed by atoms with E-state index < -0.39 is 0 Å². The quantitative estimate of drug-likeness (QED) is 0.754. The van der Waals surface area contributed by atoms with Crippen molar-refractivity contribution in [3.8, 4) is 0 Å². The van der Waals surface area contributed by atoms with E-state index in [0.29, 0.717) is 17.2 Å². The summed E-state index contributed by atoms with van der Waals surface area (Å²) in [7, 11) is 0. The monoisotopic (exact) mass is 359 g/mol. The number of aromatic nitrogens is 2. The van der Waals surface area contributed by atoms with Gasteiger partial charge >= 0.3 is 0 Å². The van der Waals surface area contributed by atoms with Crippen LogP contribution in [-0.4, -0.2) is 34.8 Å². The van der Waals surface area contributed by atoms with Crippen molar-refractivity contribution in [2.45, 2.75) is 77.9 Å². The number of unbranched alkanes of at least 4 members (excludes halogenated alkanes) is 2. The molecule has 26 heavy (non-hydrogen) atoms. The SMILES string of the molecule is CCCCCOC1CCC(NC(=O)c2noc3c(C)cc(C)nc23)CC1. The van der Waals surface area contributed by atoms with Crippen LogP contribution in [0.4, 0.5) is 0 Å². The first kappa shape index (κ1) is 18.8. The van der Waals surface area contributed by atoms with E-state index >= 15 is 0 Å². The van der Waals surface area contributed by atoms with Gasteiger partial charge in [0.2, 0.25) is 0 Å². The molecule has 6 nitrogen and oxygen atoms in total. The number of nitrogens with one attached hydrogen (secondary N) is 1. The molecular formula is C20H29N3O3. The van der Waals surface area contributed by atoms with Gasteiger partial charge in [-0.05, 0) is 57.6 Å². The molecule has 142 valence electrons. The van der Waals surface area contributed by atoms with Gasteiger partial charge < -0.3 is 14.6 Å². The lowest BCUT2D eigenvalue weighted by Gasteiger charge is -2.29. The number of hydrogen-bond acceptors (Lipinski definition) is 5. The molecule has 0 unspecified atom stereocenters. The Labute approximate surface area is 154 Å². The highest BCUT2D eigenvalue weighted by molar-refractivity contribution is 6.03. The maximum Gasteiger partial charge on any atom is 0.275 e. The zero-order chi connectivity index (χ0) is 18.5. The Kier molecular flexibility index (Phi) is 6.25. The number of fused-ring (bicyclic) bond motifs is 1. The Hall–Kier alpha value is -1.95. The molecule has 3 rings (SSSR count). The summed E-state index contributed by atoms with van der Waals surface area (Å²) in [6.45, 7) is 6.89. The van der Waals surface area contributed by atoms with Crippen molar-refractivity contribution in [2.24, 2.45) is 0 Å². The molecule has 0 bridgehead atoms. The molecule has 1 N–H and O–H groups in total. The van der Waals surface area contributed by atoms with Crippen LogP contribution in [-0.2, 0) is 4.74 Å². The fraction of sp³-hybridized carbons (Fsp3) is 0.650. The number of pyridine rings is 1. The second-order valence-corrected chi connectivity index (χ2v) is 7.31. The Bertz CT molecular complexity index is 748. The van der Waals surface area contributed by atoms with E-state index in [1.54, 1.807) is 0 Å². The molecule has 6 heteroatoms. The van der Waals surface area contributed by atoms with E-state index in [4.69, 9.17) is 9.26 Å². The minimum absolute atomic E-state index is 0.163. The first-order chi connectivity index (χ1) is 12.6. The van der Waals surface area contributed by atoms with Crippen molar-refractivity contribution in [1.82, 2.24) is 15.5 Å². The van der Waals surface area contributed by atoms with Crippen LogP contribution in [0.1, 0.15) is 73.6 Å². The number of nitrogens with zero attached hydrogens (tertiary/aromatic N) is 2. The third-order valence-corrected chi connectivity index (χ3v) is 5.07. The molecule has 0 spiro atoms. The van der Waals surface area contributed by atoms with E-state index in [1.165, 1.54) is 12.8 Å². The first-order valence-corrected chi connectivity index (χ1v) is 9.74. The maximum absolute atomic E-state index is 12.6. The van der Waals surface area contributed by atoms with E-state index in [2.05, 4.69) is 22.4 Å². The summed E-state index contributed by atoms with van der Waals surface area (Å²) in [4.78, 5) is 17.1. The molecule has 1 fully saturated rings. The van der Waals surface area contributed by atoms with E-state index in [0.717, 1.165) is 50.0 Å². The second kappa shape index (κ2) is 8.62. The van der Waals surface area contributed by atoms with E-state index in [9.17, 15) is 4.79 Å². The Morgan fingerprint density at radius 3 is 2.77 bits per heavy atom. The van der Waals surface area contributed by atoms with E-state index in [1.807, 2.05) is 19.9 Å². The molecule has 1 amide bonds. The highest BCUT2D eigenvalue weighted by Crippen LogP contribution is 2.24. The number of ether oxygens (including phenoxy) is 1. The van der Waals surface area contributed by atoms with Gasteiger partial charge in [-0.3, -0.25) is 4.79 Å². The van der Waals surface area contributed by atoms with Crippen molar-refractivity contribution in [1.29, 1.82) is 0 Å². The number of aryl methyl sites for hydroxylation is 2. The molecule has 0 saturated heterocycles. The van der Waals surface area contributed by atoms with Crippen LogP contribution in [0, 0.1) is 13.8 Å². The third kappa shape index (κ3) is 4.41. The van der Waals surface area contributed by atoms with Crippen LogP contribution in [0.15, 0.2) is 10.6 Å². The smallest absolute Gasteiger partial charge is 0.275 e. The number of rotatable bonds is 7. The molecule has 1 aliphatic carbocycles. The summed E-state index contributed by atoms with van der Waals surface area (Å²) in [5, 5.41) is 7.05. The predicted octanol–water partition coefficient (Wildman–Crippen LogP) is 4.09. The summed E-state index contributed by atoms with van der Waals surface area (Å²) in [6, 6.07) is 2.09. The van der Waals surface area contributed by atoms with Gasteiger partial charge in [0.25, 0.3) is 5.91 Å². The molecule has 2 heterocycles. The lowest BCUT2D eigenvalue weighted by atomic mass is 9.93. The minimum Gasteiger partial charge on any atom is -0.378 e. The third-order valence-electron chi connectivity index (χ3n) is 5.07. The van der Waals surface area contributed by atoms with Crippen LogP contribution in [0.2, 0.25) is 0 Å². The van der Waals surface area contributed by atoms with Crippen LogP contribution < -0.4 is 5.32 Å². The number of hydrogen-bond donors (Lipinski definition) is 1. The molecule has 2 aromatic heterocycles. The van der Waals surface area contributed by atoms with Crippen molar-refractivity contribution >= 4 is 17.0 Å². The maximum atomic E-state index is 12.6. The molecule has 0 aromatic carbocycles. The zero-order valence-electron chi connectivity index (χ0n) is 16.0. The van der Waals surface area contributed by atoms with Crippen LogP contribution >= 0.6 is 0 Å². The summed E-state index contributed by atoms with van der Waals surface area (Å²) in [6.07, 6.45) is 7.77. The fourth-order valence-corrected chi connectivity index (χ4v) is 3.61. The summed E-state index contributed by atoms with van der Waals surface area (Å²) in [5.74, 6) is -0.200. The topological polar surface area (TPSA) is 77.2 Å². The summed E-state index contributed by atoms with van der Waals surface area (Å²) < 4.78 is 11.3. The number of carbonyl (C=O) groups excluding carboxylic acids is 1. The average molecular weight is 359 g/mol. The number of carbonyl (C=O) groups is 1. The van der Waals surface area contributed by atoms with Crippen molar-refractivity contribution in [2.75, 3.05) is 6.61 Å². The Balaban J connectivity index is 1.53. The lowest BCUT2D eigenvalue weighted by Crippen LogP contribution is -2.39.